The smallest absolute Gasteiger partial charge is 0.374 e. The molecule has 0 fully saturated rings. The molecule has 1 aromatic heterocycles. The molecule has 0 saturated carbocycles. The molecule has 6 heteroatoms. The first-order valence-electron chi connectivity index (χ1n) is 4.64. The van der Waals surface area contributed by atoms with Crippen molar-refractivity contribution in [3.63, 3.8) is 0 Å². The third kappa shape index (κ3) is 1.62. The molecule has 2 rings (SSSR count). The van der Waals surface area contributed by atoms with E-state index in [1.54, 1.807) is 6.92 Å². The number of carbonyl (C=O) groups is 1. The van der Waals surface area contributed by atoms with Crippen molar-refractivity contribution in [2.45, 2.75) is 6.92 Å². The first-order chi connectivity index (χ1) is 7.63. The maximum absolute atomic E-state index is 13.3. The van der Waals surface area contributed by atoms with E-state index in [0.717, 1.165) is 6.07 Å². The minimum absolute atomic E-state index is 0.138. The number of imidazole rings is 1. The topological polar surface area (TPSA) is 55.0 Å². The number of nitrogens with one attached hydrogen (secondary N) is 1. The Kier molecular flexibility index (Phi) is 2.55. The molecule has 0 amide bonds. The number of H-pyrrole nitrogens is 1. The Labute approximate surface area is 89.2 Å². The summed E-state index contributed by atoms with van der Waals surface area (Å²) in [4.78, 5) is 17.5. The first-order valence-corrected chi connectivity index (χ1v) is 4.64. The van der Waals surface area contributed by atoms with Crippen LogP contribution >= 0.6 is 0 Å². The third-order valence-corrected chi connectivity index (χ3v) is 2.01. The number of carbonyl (C=O) groups excluding carboxylic acids is 1. The molecule has 4 nitrogen and oxygen atoms in total. The lowest BCUT2D eigenvalue weighted by atomic mass is 10.3. The second kappa shape index (κ2) is 3.88. The Morgan fingerprint density at radius 1 is 1.50 bits per heavy atom. The monoisotopic (exact) mass is 226 g/mol. The van der Waals surface area contributed by atoms with Gasteiger partial charge in [-0.15, -0.1) is 0 Å². The van der Waals surface area contributed by atoms with Crippen molar-refractivity contribution in [3.8, 4) is 0 Å². The molecule has 0 aliphatic carbocycles. The fraction of sp³-hybridized carbons (Fsp3) is 0.200. The van der Waals surface area contributed by atoms with E-state index in [0.29, 0.717) is 0 Å². The van der Waals surface area contributed by atoms with E-state index in [1.165, 1.54) is 6.07 Å². The summed E-state index contributed by atoms with van der Waals surface area (Å²) < 4.78 is 30.8. The number of aromatic nitrogens is 2. The number of hydrogen-bond acceptors (Lipinski definition) is 3. The first kappa shape index (κ1) is 10.5. The van der Waals surface area contributed by atoms with E-state index in [-0.39, 0.29) is 23.5 Å². The highest BCUT2D eigenvalue weighted by molar-refractivity contribution is 5.90. The van der Waals surface area contributed by atoms with Crippen molar-refractivity contribution in [3.05, 3.63) is 29.6 Å². The van der Waals surface area contributed by atoms with Gasteiger partial charge in [0.05, 0.1) is 12.1 Å². The van der Waals surface area contributed by atoms with E-state index in [4.69, 9.17) is 0 Å². The molecular weight excluding hydrogens is 218 g/mol. The van der Waals surface area contributed by atoms with E-state index in [1.807, 2.05) is 0 Å². The second-order valence-corrected chi connectivity index (χ2v) is 3.06. The molecule has 16 heavy (non-hydrogen) atoms. The number of ether oxygens (including phenoxy) is 1. The second-order valence-electron chi connectivity index (χ2n) is 3.06. The molecule has 0 aliphatic rings. The maximum Gasteiger partial charge on any atom is 0.374 e. The molecule has 0 radical (unpaired) electrons. The van der Waals surface area contributed by atoms with Crippen molar-refractivity contribution in [1.29, 1.82) is 0 Å². The summed E-state index contributed by atoms with van der Waals surface area (Å²) in [5.74, 6) is -2.92. The van der Waals surface area contributed by atoms with Gasteiger partial charge in [0.15, 0.2) is 11.6 Å². The summed E-state index contributed by atoms with van der Waals surface area (Å²) in [6, 6.07) is 2.27. The molecular formula is C10H8F2N2O2. The number of rotatable bonds is 2. The lowest BCUT2D eigenvalue weighted by Gasteiger charge is -1.95. The van der Waals surface area contributed by atoms with Crippen LogP contribution in [0.2, 0.25) is 0 Å². The Morgan fingerprint density at radius 2 is 2.25 bits per heavy atom. The zero-order chi connectivity index (χ0) is 11.7. The summed E-state index contributed by atoms with van der Waals surface area (Å²) in [6.45, 7) is 1.83. The van der Waals surface area contributed by atoms with Crippen molar-refractivity contribution in [2.24, 2.45) is 0 Å². The van der Waals surface area contributed by atoms with Gasteiger partial charge >= 0.3 is 5.97 Å². The lowest BCUT2D eigenvalue weighted by molar-refractivity contribution is 0.0514. The number of nitrogens with zero attached hydrogens (tertiary/aromatic N) is 1. The van der Waals surface area contributed by atoms with Crippen LogP contribution in [-0.4, -0.2) is 22.5 Å². The van der Waals surface area contributed by atoms with Gasteiger partial charge in [0, 0.05) is 0 Å². The number of benzene rings is 1. The molecule has 0 saturated heterocycles. The molecule has 2 aromatic rings. The summed E-state index contributed by atoms with van der Waals surface area (Å²) in [7, 11) is 0. The van der Waals surface area contributed by atoms with Crippen LogP contribution in [0.1, 0.15) is 17.5 Å². The Hall–Kier alpha value is -1.98. The zero-order valence-electron chi connectivity index (χ0n) is 8.38. The fourth-order valence-electron chi connectivity index (χ4n) is 1.31. The fourth-order valence-corrected chi connectivity index (χ4v) is 1.31. The highest BCUT2D eigenvalue weighted by Crippen LogP contribution is 2.18. The highest BCUT2D eigenvalue weighted by Gasteiger charge is 2.16. The van der Waals surface area contributed by atoms with Crippen LogP contribution in [0.15, 0.2) is 12.1 Å². The SMILES string of the molecule is CCOC(=O)c1nc2c(F)c(F)ccc2[nH]1. The van der Waals surface area contributed by atoms with Crippen LogP contribution in [0.4, 0.5) is 8.78 Å². The molecule has 0 unspecified atom stereocenters. The minimum Gasteiger partial charge on any atom is -0.460 e. The number of fused-ring (bicyclic) bond motifs is 1. The van der Waals surface area contributed by atoms with Gasteiger partial charge in [-0.1, -0.05) is 0 Å². The van der Waals surface area contributed by atoms with Gasteiger partial charge in [-0.25, -0.2) is 18.6 Å². The Balaban J connectivity index is 2.52. The van der Waals surface area contributed by atoms with Gasteiger partial charge in [0.2, 0.25) is 5.82 Å². The summed E-state index contributed by atoms with van der Waals surface area (Å²) in [5.41, 5.74) is 0.0463. The molecule has 1 heterocycles. The minimum atomic E-state index is -1.08. The number of halogens is 2. The van der Waals surface area contributed by atoms with Crippen molar-refractivity contribution < 1.29 is 18.3 Å². The summed E-state index contributed by atoms with van der Waals surface area (Å²) in [6.07, 6.45) is 0. The molecule has 0 aliphatic heterocycles. The van der Waals surface area contributed by atoms with Crippen LogP contribution in [0.5, 0.6) is 0 Å². The maximum atomic E-state index is 13.3. The summed E-state index contributed by atoms with van der Waals surface area (Å²) >= 11 is 0. The number of aromatic amines is 1. The predicted molar refractivity (Wildman–Crippen MR) is 52.0 cm³/mol. The molecule has 0 bridgehead atoms. The average molecular weight is 226 g/mol. The van der Waals surface area contributed by atoms with Crippen molar-refractivity contribution >= 4 is 17.0 Å². The lowest BCUT2D eigenvalue weighted by Crippen LogP contribution is -2.06. The third-order valence-electron chi connectivity index (χ3n) is 2.01. The highest BCUT2D eigenvalue weighted by atomic mass is 19.2. The van der Waals surface area contributed by atoms with Crippen molar-refractivity contribution in [1.82, 2.24) is 9.97 Å². The standard InChI is InChI=1S/C10H8F2N2O2/c1-2-16-10(15)9-13-6-4-3-5(11)7(12)8(6)14-9/h3-4H,2H2,1H3,(H,13,14). The van der Waals surface area contributed by atoms with Crippen LogP contribution in [0.3, 0.4) is 0 Å². The predicted octanol–water partition coefficient (Wildman–Crippen LogP) is 2.02. The Morgan fingerprint density at radius 3 is 2.94 bits per heavy atom. The van der Waals surface area contributed by atoms with E-state index in [9.17, 15) is 13.6 Å². The largest absolute Gasteiger partial charge is 0.460 e. The zero-order valence-corrected chi connectivity index (χ0v) is 8.38. The molecule has 1 aromatic carbocycles. The summed E-state index contributed by atoms with van der Waals surface area (Å²) in [5, 5.41) is 0. The van der Waals surface area contributed by atoms with E-state index < -0.39 is 17.6 Å². The average Bonchev–Trinajstić information content (AvgIpc) is 2.69. The van der Waals surface area contributed by atoms with Gasteiger partial charge in [-0.2, -0.15) is 0 Å². The van der Waals surface area contributed by atoms with E-state index in [2.05, 4.69) is 14.7 Å². The van der Waals surface area contributed by atoms with Crippen LogP contribution < -0.4 is 0 Å². The van der Waals surface area contributed by atoms with Gasteiger partial charge in [0.25, 0.3) is 0 Å². The number of hydrogen-bond donors (Lipinski definition) is 1. The van der Waals surface area contributed by atoms with Crippen LogP contribution in [0, 0.1) is 11.6 Å². The molecule has 0 atom stereocenters. The van der Waals surface area contributed by atoms with Gasteiger partial charge in [-0.3, -0.25) is 0 Å². The van der Waals surface area contributed by atoms with E-state index >= 15 is 0 Å². The van der Waals surface area contributed by atoms with Crippen molar-refractivity contribution in [2.75, 3.05) is 6.61 Å². The molecule has 1 N–H and O–H groups in total. The van der Waals surface area contributed by atoms with Gasteiger partial charge in [-0.05, 0) is 19.1 Å². The number of esters is 1. The van der Waals surface area contributed by atoms with Gasteiger partial charge in [0.1, 0.15) is 5.52 Å². The van der Waals surface area contributed by atoms with Crippen LogP contribution in [0.25, 0.3) is 11.0 Å². The Bertz CT molecular complexity index is 551. The quantitative estimate of drug-likeness (QED) is 0.797. The molecule has 0 spiro atoms. The molecule has 84 valence electrons. The van der Waals surface area contributed by atoms with Gasteiger partial charge < -0.3 is 9.72 Å². The van der Waals surface area contributed by atoms with Crippen LogP contribution in [-0.2, 0) is 4.74 Å². The normalized spacial score (nSPS) is 10.7.